The molecule has 3 rings (SSSR count). The van der Waals surface area contributed by atoms with Gasteiger partial charge in [0.1, 0.15) is 0 Å². The third kappa shape index (κ3) is 3.58. The fourth-order valence-corrected chi connectivity index (χ4v) is 4.25. The third-order valence-corrected chi connectivity index (χ3v) is 6.00. The van der Waals surface area contributed by atoms with Crippen LogP contribution >= 0.6 is 22.7 Å². The van der Waals surface area contributed by atoms with E-state index in [4.69, 9.17) is 5.14 Å². The average Bonchev–Trinajstić information content (AvgIpc) is 3.04. The quantitative estimate of drug-likeness (QED) is 0.738. The maximum absolute atomic E-state index is 11.3. The lowest BCUT2D eigenvalue weighted by Crippen LogP contribution is -2.11. The molecule has 0 fully saturated rings. The van der Waals surface area contributed by atoms with Crippen molar-refractivity contribution >= 4 is 43.0 Å². The van der Waals surface area contributed by atoms with Crippen molar-refractivity contribution in [2.75, 3.05) is 5.32 Å². The number of rotatable bonds is 4. The van der Waals surface area contributed by atoms with Crippen molar-refractivity contribution in [3.8, 4) is 10.4 Å². The Bertz CT molecular complexity index is 943. The van der Waals surface area contributed by atoms with E-state index >= 15 is 0 Å². The minimum absolute atomic E-state index is 0.0972. The number of nitrogens with two attached hydrogens (primary N) is 1. The molecule has 2 heterocycles. The van der Waals surface area contributed by atoms with Crippen LogP contribution in [0.2, 0.25) is 0 Å². The van der Waals surface area contributed by atoms with Gasteiger partial charge in [0.2, 0.25) is 10.0 Å². The van der Waals surface area contributed by atoms with Gasteiger partial charge in [-0.15, -0.1) is 11.3 Å². The van der Waals surface area contributed by atoms with E-state index in [2.05, 4.69) is 15.3 Å². The summed E-state index contributed by atoms with van der Waals surface area (Å²) in [6, 6.07) is 6.47. The molecular formula is C14H14N4O2S3. The van der Waals surface area contributed by atoms with Crippen molar-refractivity contribution in [2.24, 2.45) is 5.14 Å². The number of hydrogen-bond donors (Lipinski definition) is 2. The molecule has 0 atom stereocenters. The molecule has 3 N–H and O–H groups in total. The normalized spacial score (nSPS) is 11.6. The van der Waals surface area contributed by atoms with Crippen LogP contribution in [0.1, 0.15) is 11.4 Å². The average molecular weight is 366 g/mol. The lowest BCUT2D eigenvalue weighted by Gasteiger charge is -2.01. The lowest BCUT2D eigenvalue weighted by atomic mass is 10.2. The summed E-state index contributed by atoms with van der Waals surface area (Å²) in [5.41, 5.74) is 2.73. The molecule has 0 aliphatic carbocycles. The van der Waals surface area contributed by atoms with Gasteiger partial charge in [-0.1, -0.05) is 23.5 Å². The van der Waals surface area contributed by atoms with Crippen molar-refractivity contribution in [3.63, 3.8) is 0 Å². The van der Waals surface area contributed by atoms with Gasteiger partial charge in [-0.25, -0.2) is 23.5 Å². The second-order valence-corrected chi connectivity index (χ2v) is 8.34. The molecular weight excluding hydrogens is 352 g/mol. The first-order chi connectivity index (χ1) is 10.8. The van der Waals surface area contributed by atoms with Crippen LogP contribution in [0, 0.1) is 13.8 Å². The highest BCUT2D eigenvalue weighted by molar-refractivity contribution is 7.89. The van der Waals surface area contributed by atoms with E-state index in [0.717, 1.165) is 32.1 Å². The van der Waals surface area contributed by atoms with E-state index in [9.17, 15) is 8.42 Å². The predicted octanol–water partition coefficient (Wildman–Crippen LogP) is 3.27. The molecule has 23 heavy (non-hydrogen) atoms. The zero-order valence-electron chi connectivity index (χ0n) is 12.4. The van der Waals surface area contributed by atoms with Crippen LogP contribution in [0.5, 0.6) is 0 Å². The van der Waals surface area contributed by atoms with E-state index in [-0.39, 0.29) is 4.90 Å². The number of nitrogens with zero attached hydrogens (tertiary/aromatic N) is 2. The SMILES string of the molecule is Cc1csc(Nc2nc(C)c(-c3ccc(S(N)(=O)=O)cc3)s2)n1. The highest BCUT2D eigenvalue weighted by Crippen LogP contribution is 2.34. The minimum atomic E-state index is -3.68. The molecule has 3 aromatic rings. The summed E-state index contributed by atoms with van der Waals surface area (Å²) in [5, 5.41) is 11.8. The van der Waals surface area contributed by atoms with Gasteiger partial charge >= 0.3 is 0 Å². The number of aryl methyl sites for hydroxylation is 2. The number of primary sulfonamides is 1. The van der Waals surface area contributed by atoms with Crippen molar-refractivity contribution in [3.05, 3.63) is 41.0 Å². The molecule has 0 aliphatic rings. The summed E-state index contributed by atoms with van der Waals surface area (Å²) in [5.74, 6) is 0. The zero-order chi connectivity index (χ0) is 16.6. The van der Waals surface area contributed by atoms with Gasteiger partial charge in [0.15, 0.2) is 10.3 Å². The predicted molar refractivity (Wildman–Crippen MR) is 93.8 cm³/mol. The van der Waals surface area contributed by atoms with Crippen molar-refractivity contribution in [1.29, 1.82) is 0 Å². The molecule has 0 saturated carbocycles. The van der Waals surface area contributed by atoms with Gasteiger partial charge in [0, 0.05) is 5.38 Å². The van der Waals surface area contributed by atoms with Crippen LogP contribution in [0.4, 0.5) is 10.3 Å². The fourth-order valence-electron chi connectivity index (χ4n) is 2.02. The molecule has 0 radical (unpaired) electrons. The molecule has 6 nitrogen and oxygen atoms in total. The Kier molecular flexibility index (Phi) is 4.19. The van der Waals surface area contributed by atoms with Gasteiger partial charge in [-0.05, 0) is 31.5 Å². The maximum atomic E-state index is 11.3. The van der Waals surface area contributed by atoms with Gasteiger partial charge < -0.3 is 5.32 Å². The summed E-state index contributed by atoms with van der Waals surface area (Å²) in [6.07, 6.45) is 0. The Morgan fingerprint density at radius 1 is 1.09 bits per heavy atom. The van der Waals surface area contributed by atoms with Gasteiger partial charge in [0.25, 0.3) is 0 Å². The standard InChI is InChI=1S/C14H14N4O2S3/c1-8-7-21-13(16-8)18-14-17-9(2)12(22-14)10-3-5-11(6-4-10)23(15,19)20/h3-7H,1-2H3,(H2,15,19,20)(H,16,17,18). The second kappa shape index (κ2) is 6.00. The first-order valence-electron chi connectivity index (χ1n) is 6.63. The highest BCUT2D eigenvalue weighted by Gasteiger charge is 2.13. The number of benzene rings is 1. The van der Waals surface area contributed by atoms with Crippen LogP contribution in [0.25, 0.3) is 10.4 Å². The summed E-state index contributed by atoms with van der Waals surface area (Å²) >= 11 is 3.02. The Morgan fingerprint density at radius 2 is 1.78 bits per heavy atom. The molecule has 9 heteroatoms. The number of anilines is 2. The van der Waals surface area contributed by atoms with Crippen LogP contribution in [0.3, 0.4) is 0 Å². The number of thiazole rings is 2. The topological polar surface area (TPSA) is 98.0 Å². The number of aromatic nitrogens is 2. The number of hydrogen-bond acceptors (Lipinski definition) is 7. The van der Waals surface area contributed by atoms with Crippen LogP contribution < -0.4 is 10.5 Å². The Morgan fingerprint density at radius 3 is 2.35 bits per heavy atom. The van der Waals surface area contributed by atoms with Gasteiger partial charge in [-0.2, -0.15) is 0 Å². The Hall–Kier alpha value is -1.81. The van der Waals surface area contributed by atoms with Gasteiger partial charge in [-0.3, -0.25) is 0 Å². The molecule has 0 spiro atoms. The first-order valence-corrected chi connectivity index (χ1v) is 9.87. The van der Waals surface area contributed by atoms with Crippen molar-refractivity contribution in [1.82, 2.24) is 9.97 Å². The van der Waals surface area contributed by atoms with Gasteiger partial charge in [0.05, 0.1) is 21.2 Å². The summed E-state index contributed by atoms with van der Waals surface area (Å²) < 4.78 is 22.6. The fraction of sp³-hybridized carbons (Fsp3) is 0.143. The summed E-state index contributed by atoms with van der Waals surface area (Å²) in [7, 11) is -3.68. The Balaban J connectivity index is 1.88. The Labute approximate surface area is 142 Å². The number of nitrogens with one attached hydrogen (secondary N) is 1. The molecule has 1 aromatic carbocycles. The lowest BCUT2D eigenvalue weighted by molar-refractivity contribution is 0.598. The second-order valence-electron chi connectivity index (χ2n) is 4.92. The molecule has 0 unspecified atom stereocenters. The monoisotopic (exact) mass is 366 g/mol. The zero-order valence-corrected chi connectivity index (χ0v) is 14.8. The van der Waals surface area contributed by atoms with Crippen LogP contribution in [0.15, 0.2) is 34.5 Å². The molecule has 2 aromatic heterocycles. The van der Waals surface area contributed by atoms with Crippen LogP contribution in [-0.2, 0) is 10.0 Å². The maximum Gasteiger partial charge on any atom is 0.238 e. The summed E-state index contributed by atoms with van der Waals surface area (Å²) in [4.78, 5) is 9.91. The smallest absolute Gasteiger partial charge is 0.238 e. The minimum Gasteiger partial charge on any atom is -0.307 e. The molecule has 0 saturated heterocycles. The van der Waals surface area contributed by atoms with Crippen LogP contribution in [-0.4, -0.2) is 18.4 Å². The first kappa shape index (κ1) is 16.1. The molecule has 120 valence electrons. The van der Waals surface area contributed by atoms with Crippen molar-refractivity contribution < 1.29 is 8.42 Å². The third-order valence-electron chi connectivity index (χ3n) is 3.07. The number of sulfonamides is 1. The largest absolute Gasteiger partial charge is 0.307 e. The van der Waals surface area contributed by atoms with Crippen molar-refractivity contribution in [2.45, 2.75) is 18.7 Å². The van der Waals surface area contributed by atoms with E-state index in [0.29, 0.717) is 0 Å². The van der Waals surface area contributed by atoms with E-state index in [1.165, 1.54) is 34.8 Å². The highest BCUT2D eigenvalue weighted by atomic mass is 32.2. The molecule has 0 aliphatic heterocycles. The van der Waals surface area contributed by atoms with E-state index in [1.807, 2.05) is 19.2 Å². The molecule has 0 bridgehead atoms. The van der Waals surface area contributed by atoms with E-state index in [1.54, 1.807) is 12.1 Å². The van der Waals surface area contributed by atoms with E-state index < -0.39 is 10.0 Å². The summed E-state index contributed by atoms with van der Waals surface area (Å²) in [6.45, 7) is 3.85. The molecule has 0 amide bonds.